The molecule has 18 heavy (non-hydrogen) atoms. The number of amides is 1. The number of anilines is 1. The van der Waals surface area contributed by atoms with Gasteiger partial charge in [0.2, 0.25) is 0 Å². The molecule has 2 aromatic carbocycles. The molecule has 0 atom stereocenters. The third kappa shape index (κ3) is 2.74. The van der Waals surface area contributed by atoms with Crippen molar-refractivity contribution in [1.29, 1.82) is 0 Å². The lowest BCUT2D eigenvalue weighted by Gasteiger charge is -2.05. The minimum Gasteiger partial charge on any atom is -0.478 e. The number of carbonyl (C=O) groups is 2. The minimum absolute atomic E-state index is 0.0933. The normalized spacial score (nSPS) is 9.78. The molecule has 0 bridgehead atoms. The van der Waals surface area contributed by atoms with Crippen molar-refractivity contribution in [2.45, 2.75) is 0 Å². The van der Waals surface area contributed by atoms with E-state index in [-0.39, 0.29) is 11.5 Å². The van der Waals surface area contributed by atoms with Crippen LogP contribution in [0.3, 0.4) is 0 Å². The molecule has 0 aliphatic rings. The largest absolute Gasteiger partial charge is 0.478 e. The molecule has 0 unspecified atom stereocenters. The van der Waals surface area contributed by atoms with E-state index in [1.165, 1.54) is 12.1 Å². The summed E-state index contributed by atoms with van der Waals surface area (Å²) >= 11 is 0. The van der Waals surface area contributed by atoms with Gasteiger partial charge in [-0.1, -0.05) is 24.3 Å². The molecule has 4 heteroatoms. The fourth-order valence-electron chi connectivity index (χ4n) is 1.52. The third-order valence-electron chi connectivity index (χ3n) is 2.40. The van der Waals surface area contributed by atoms with Crippen LogP contribution in [0.4, 0.5) is 5.69 Å². The van der Waals surface area contributed by atoms with Crippen molar-refractivity contribution in [3.8, 4) is 0 Å². The molecular formula is C14H11NO3. The Balaban J connectivity index is 2.19. The highest BCUT2D eigenvalue weighted by atomic mass is 16.4. The van der Waals surface area contributed by atoms with Crippen molar-refractivity contribution < 1.29 is 14.7 Å². The van der Waals surface area contributed by atoms with Crippen LogP contribution in [-0.2, 0) is 0 Å². The number of carboxylic acids is 1. The second-order valence-corrected chi connectivity index (χ2v) is 3.71. The number of hydrogen-bond donors (Lipinski definition) is 2. The topological polar surface area (TPSA) is 66.4 Å². The van der Waals surface area contributed by atoms with Gasteiger partial charge in [0.15, 0.2) is 0 Å². The van der Waals surface area contributed by atoms with Gasteiger partial charge in [-0.3, -0.25) is 4.79 Å². The van der Waals surface area contributed by atoms with Gasteiger partial charge in [-0.2, -0.15) is 0 Å². The first-order valence-corrected chi connectivity index (χ1v) is 5.36. The van der Waals surface area contributed by atoms with Gasteiger partial charge in [0.05, 0.1) is 5.56 Å². The minimum atomic E-state index is -1.05. The monoisotopic (exact) mass is 241 g/mol. The molecule has 0 aliphatic heterocycles. The van der Waals surface area contributed by atoms with Crippen LogP contribution in [0.1, 0.15) is 20.7 Å². The molecule has 0 spiro atoms. The average Bonchev–Trinajstić information content (AvgIpc) is 2.40. The quantitative estimate of drug-likeness (QED) is 0.868. The standard InChI is InChI=1S/C14H11NO3/c16-13(15-12-7-2-1-3-8-12)10-5-4-6-11(9-10)14(17)18/h1-9H,(H,15,16)(H,17,18). The lowest BCUT2D eigenvalue weighted by molar-refractivity contribution is 0.0697. The summed E-state index contributed by atoms with van der Waals surface area (Å²) in [5.74, 6) is -1.38. The number of rotatable bonds is 3. The molecule has 0 aliphatic carbocycles. The first-order chi connectivity index (χ1) is 8.66. The van der Waals surface area contributed by atoms with E-state index in [9.17, 15) is 9.59 Å². The van der Waals surface area contributed by atoms with Crippen LogP contribution in [-0.4, -0.2) is 17.0 Å². The van der Waals surface area contributed by atoms with E-state index in [1.54, 1.807) is 24.3 Å². The van der Waals surface area contributed by atoms with Crippen molar-refractivity contribution in [3.63, 3.8) is 0 Å². The smallest absolute Gasteiger partial charge is 0.335 e. The van der Waals surface area contributed by atoms with Gasteiger partial charge in [0, 0.05) is 11.3 Å². The van der Waals surface area contributed by atoms with E-state index in [0.717, 1.165) is 0 Å². The second kappa shape index (κ2) is 5.14. The zero-order valence-electron chi connectivity index (χ0n) is 9.46. The van der Waals surface area contributed by atoms with Gasteiger partial charge >= 0.3 is 5.97 Å². The zero-order chi connectivity index (χ0) is 13.0. The van der Waals surface area contributed by atoms with Gasteiger partial charge < -0.3 is 10.4 Å². The maximum Gasteiger partial charge on any atom is 0.335 e. The third-order valence-corrected chi connectivity index (χ3v) is 2.40. The van der Waals surface area contributed by atoms with Crippen LogP contribution in [0.2, 0.25) is 0 Å². The molecule has 0 aromatic heterocycles. The molecule has 2 rings (SSSR count). The number of benzene rings is 2. The van der Waals surface area contributed by atoms with Gasteiger partial charge in [-0.25, -0.2) is 4.79 Å². The van der Waals surface area contributed by atoms with Crippen molar-refractivity contribution in [3.05, 3.63) is 65.7 Å². The summed E-state index contributed by atoms with van der Waals surface area (Å²) in [4.78, 5) is 22.7. The Hall–Kier alpha value is -2.62. The van der Waals surface area contributed by atoms with E-state index in [0.29, 0.717) is 11.3 Å². The van der Waals surface area contributed by atoms with E-state index in [2.05, 4.69) is 5.32 Å². The Morgan fingerprint density at radius 1 is 0.889 bits per heavy atom. The maximum atomic E-state index is 11.9. The number of hydrogen-bond acceptors (Lipinski definition) is 2. The lowest BCUT2D eigenvalue weighted by atomic mass is 10.1. The summed E-state index contributed by atoms with van der Waals surface area (Å²) in [6.07, 6.45) is 0. The summed E-state index contributed by atoms with van der Waals surface area (Å²) in [6.45, 7) is 0. The summed E-state index contributed by atoms with van der Waals surface area (Å²) in [7, 11) is 0. The fourth-order valence-corrected chi connectivity index (χ4v) is 1.52. The maximum absolute atomic E-state index is 11.9. The molecule has 0 saturated carbocycles. The van der Waals surface area contributed by atoms with Gasteiger partial charge in [0.25, 0.3) is 5.91 Å². The van der Waals surface area contributed by atoms with Crippen LogP contribution < -0.4 is 5.32 Å². The zero-order valence-corrected chi connectivity index (χ0v) is 9.46. The number of carboxylic acid groups (broad SMARTS) is 1. The predicted octanol–water partition coefficient (Wildman–Crippen LogP) is 2.64. The molecule has 2 N–H and O–H groups in total. The second-order valence-electron chi connectivity index (χ2n) is 3.71. The van der Waals surface area contributed by atoms with Crippen molar-refractivity contribution >= 4 is 17.6 Å². The van der Waals surface area contributed by atoms with Crippen LogP contribution in [0, 0.1) is 0 Å². The molecule has 90 valence electrons. The SMILES string of the molecule is O=C(O)c1cccc(C(=O)Nc2ccccc2)c1. The van der Waals surface area contributed by atoms with Gasteiger partial charge in [0.1, 0.15) is 0 Å². The number of carbonyl (C=O) groups excluding carboxylic acids is 1. The fraction of sp³-hybridized carbons (Fsp3) is 0. The first-order valence-electron chi connectivity index (χ1n) is 5.36. The molecule has 0 fully saturated rings. The Morgan fingerprint density at radius 3 is 2.22 bits per heavy atom. The summed E-state index contributed by atoms with van der Waals surface area (Å²) < 4.78 is 0. The highest BCUT2D eigenvalue weighted by Gasteiger charge is 2.09. The van der Waals surface area contributed by atoms with Crippen molar-refractivity contribution in [1.82, 2.24) is 0 Å². The molecule has 1 amide bonds. The number of para-hydroxylation sites is 1. The molecule has 0 radical (unpaired) electrons. The van der Waals surface area contributed by atoms with E-state index >= 15 is 0 Å². The van der Waals surface area contributed by atoms with Crippen molar-refractivity contribution in [2.24, 2.45) is 0 Å². The van der Waals surface area contributed by atoms with Gasteiger partial charge in [-0.15, -0.1) is 0 Å². The van der Waals surface area contributed by atoms with Crippen molar-refractivity contribution in [2.75, 3.05) is 5.32 Å². The Bertz CT molecular complexity index is 579. The Kier molecular flexibility index (Phi) is 3.38. The molecule has 2 aromatic rings. The first kappa shape index (κ1) is 11.9. The molecule has 0 saturated heterocycles. The Labute approximate surface area is 104 Å². The molecule has 4 nitrogen and oxygen atoms in total. The van der Waals surface area contributed by atoms with E-state index in [1.807, 2.05) is 18.2 Å². The number of nitrogens with one attached hydrogen (secondary N) is 1. The van der Waals surface area contributed by atoms with Crippen LogP contribution >= 0.6 is 0 Å². The highest BCUT2D eigenvalue weighted by Crippen LogP contribution is 2.10. The van der Waals surface area contributed by atoms with Crippen LogP contribution in [0.15, 0.2) is 54.6 Å². The molecular weight excluding hydrogens is 230 g/mol. The average molecular weight is 241 g/mol. The summed E-state index contributed by atoms with van der Waals surface area (Å²) in [5.41, 5.74) is 1.08. The predicted molar refractivity (Wildman–Crippen MR) is 67.8 cm³/mol. The van der Waals surface area contributed by atoms with E-state index in [4.69, 9.17) is 5.11 Å². The van der Waals surface area contributed by atoms with Crippen LogP contribution in [0.5, 0.6) is 0 Å². The summed E-state index contributed by atoms with van der Waals surface area (Å²) in [6, 6.07) is 14.9. The Morgan fingerprint density at radius 2 is 1.56 bits per heavy atom. The summed E-state index contributed by atoms with van der Waals surface area (Å²) in [5, 5.41) is 11.5. The highest BCUT2D eigenvalue weighted by molar-refractivity contribution is 6.05. The van der Waals surface area contributed by atoms with Gasteiger partial charge in [-0.05, 0) is 30.3 Å². The van der Waals surface area contributed by atoms with E-state index < -0.39 is 5.97 Å². The number of aromatic carboxylic acids is 1. The lowest BCUT2D eigenvalue weighted by Crippen LogP contribution is -2.12. The molecule has 0 heterocycles. The van der Waals surface area contributed by atoms with Crippen LogP contribution in [0.25, 0.3) is 0 Å².